The van der Waals surface area contributed by atoms with Crippen molar-refractivity contribution in [2.45, 2.75) is 95.3 Å². The van der Waals surface area contributed by atoms with Crippen molar-refractivity contribution in [3.63, 3.8) is 0 Å². The van der Waals surface area contributed by atoms with Crippen molar-refractivity contribution in [3.05, 3.63) is 108 Å². The molecule has 1 aliphatic heterocycles. The second-order valence-electron chi connectivity index (χ2n) is 13.8. The van der Waals surface area contributed by atoms with E-state index in [0.29, 0.717) is 6.61 Å². The molecule has 0 aliphatic carbocycles. The molecule has 1 heterocycles. The molecule has 0 bridgehead atoms. The average molecular weight is 577 g/mol. The first-order valence-corrected chi connectivity index (χ1v) is 17.5. The quantitative estimate of drug-likeness (QED) is 0.198. The zero-order valence-electron chi connectivity index (χ0n) is 26.2. The second kappa shape index (κ2) is 11.4. The van der Waals surface area contributed by atoms with Crippen LogP contribution in [-0.2, 0) is 24.2 Å². The van der Waals surface area contributed by atoms with Crippen LogP contribution >= 0.6 is 0 Å². The van der Waals surface area contributed by atoms with E-state index in [1.807, 2.05) is 75.4 Å². The van der Waals surface area contributed by atoms with Crippen molar-refractivity contribution in [2.75, 3.05) is 13.2 Å². The molecule has 1 aliphatic rings. The Kier molecular flexibility index (Phi) is 8.79. The standard InChI is InChI=1S/C35H48O5Si/c1-31(2,3)41(8,9)38-26-34(7)30(39-32(4,5)40-34)33(6,36)25-37-35(27-19-13-10-14-20-27,28-21-15-11-16-22-28)29-23-17-12-18-24-29/h10-24,30,36H,25-26H2,1-9H3/t30-,33-,34+/m1/s1. The summed E-state index contributed by atoms with van der Waals surface area (Å²) in [5, 5.41) is 12.2. The number of hydrogen-bond acceptors (Lipinski definition) is 5. The summed E-state index contributed by atoms with van der Waals surface area (Å²) in [4.78, 5) is 0. The highest BCUT2D eigenvalue weighted by molar-refractivity contribution is 6.74. The summed E-state index contributed by atoms with van der Waals surface area (Å²) in [6, 6.07) is 30.5. The van der Waals surface area contributed by atoms with Crippen LogP contribution in [0.1, 0.15) is 65.2 Å². The van der Waals surface area contributed by atoms with Gasteiger partial charge in [0.2, 0.25) is 0 Å². The minimum atomic E-state index is -2.08. The first-order valence-electron chi connectivity index (χ1n) is 14.6. The molecular weight excluding hydrogens is 528 g/mol. The summed E-state index contributed by atoms with van der Waals surface area (Å²) in [7, 11) is -2.08. The molecule has 5 nitrogen and oxygen atoms in total. The summed E-state index contributed by atoms with van der Waals surface area (Å²) in [5.74, 6) is -0.893. The van der Waals surface area contributed by atoms with Crippen molar-refractivity contribution >= 4 is 8.32 Å². The van der Waals surface area contributed by atoms with E-state index in [1.54, 1.807) is 6.92 Å². The van der Waals surface area contributed by atoms with Gasteiger partial charge in [0.25, 0.3) is 0 Å². The fourth-order valence-electron chi connectivity index (χ4n) is 5.58. The van der Waals surface area contributed by atoms with E-state index < -0.39 is 37.0 Å². The van der Waals surface area contributed by atoms with Crippen LogP contribution in [0.5, 0.6) is 0 Å². The van der Waals surface area contributed by atoms with Crippen LogP contribution in [0.3, 0.4) is 0 Å². The van der Waals surface area contributed by atoms with Gasteiger partial charge >= 0.3 is 0 Å². The van der Waals surface area contributed by atoms with Gasteiger partial charge < -0.3 is 23.7 Å². The van der Waals surface area contributed by atoms with E-state index in [0.717, 1.165) is 16.7 Å². The molecule has 0 amide bonds. The topological polar surface area (TPSA) is 57.2 Å². The van der Waals surface area contributed by atoms with Crippen LogP contribution in [-0.4, -0.2) is 49.7 Å². The Morgan fingerprint density at radius 1 is 0.756 bits per heavy atom. The summed E-state index contributed by atoms with van der Waals surface area (Å²) >= 11 is 0. The molecule has 3 aromatic carbocycles. The van der Waals surface area contributed by atoms with Crippen LogP contribution in [0, 0.1) is 0 Å². The minimum absolute atomic E-state index is 0.00846. The van der Waals surface area contributed by atoms with Crippen LogP contribution in [0.4, 0.5) is 0 Å². The molecule has 1 fully saturated rings. The van der Waals surface area contributed by atoms with E-state index >= 15 is 0 Å². The van der Waals surface area contributed by atoms with Crippen molar-refractivity contribution in [1.82, 2.24) is 0 Å². The highest BCUT2D eigenvalue weighted by atomic mass is 28.4. The molecule has 4 rings (SSSR count). The van der Waals surface area contributed by atoms with Gasteiger partial charge in [0.15, 0.2) is 14.1 Å². The Balaban J connectivity index is 1.73. The van der Waals surface area contributed by atoms with Crippen LogP contribution in [0.15, 0.2) is 91.0 Å². The monoisotopic (exact) mass is 576 g/mol. The lowest BCUT2D eigenvalue weighted by molar-refractivity contribution is -0.185. The Labute approximate surface area is 247 Å². The fourth-order valence-corrected chi connectivity index (χ4v) is 6.66. The summed E-state index contributed by atoms with van der Waals surface area (Å²) in [5.41, 5.74) is -0.344. The van der Waals surface area contributed by atoms with E-state index in [-0.39, 0.29) is 11.6 Å². The number of rotatable bonds is 10. The van der Waals surface area contributed by atoms with E-state index in [1.165, 1.54) is 0 Å². The molecule has 0 saturated carbocycles. The molecule has 222 valence electrons. The summed E-state index contributed by atoms with van der Waals surface area (Å²) < 4.78 is 26.6. The molecule has 0 radical (unpaired) electrons. The van der Waals surface area contributed by atoms with Gasteiger partial charge in [-0.05, 0) is 62.5 Å². The molecule has 41 heavy (non-hydrogen) atoms. The van der Waals surface area contributed by atoms with Gasteiger partial charge in [0.05, 0.1) is 13.2 Å². The SMILES string of the molecule is CC1(C)O[C@H]([C@](C)(O)COC(c2ccccc2)(c2ccccc2)c2ccccc2)[C@](C)(CO[Si](C)(C)C(C)(C)C)O1. The number of aliphatic hydroxyl groups is 1. The molecule has 6 heteroatoms. The minimum Gasteiger partial charge on any atom is -0.414 e. The normalized spacial score (nSPS) is 22.8. The molecule has 3 atom stereocenters. The summed E-state index contributed by atoms with van der Waals surface area (Å²) in [6.45, 7) is 18.9. The maximum absolute atomic E-state index is 12.2. The third-order valence-electron chi connectivity index (χ3n) is 8.65. The highest BCUT2D eigenvalue weighted by Crippen LogP contribution is 2.46. The van der Waals surface area contributed by atoms with Gasteiger partial charge in [-0.25, -0.2) is 0 Å². The lowest BCUT2D eigenvalue weighted by Crippen LogP contribution is -2.58. The third-order valence-corrected chi connectivity index (χ3v) is 13.1. The van der Waals surface area contributed by atoms with Crippen molar-refractivity contribution in [2.24, 2.45) is 0 Å². The van der Waals surface area contributed by atoms with Gasteiger partial charge in [-0.3, -0.25) is 0 Å². The van der Waals surface area contributed by atoms with Gasteiger partial charge in [-0.2, -0.15) is 0 Å². The van der Waals surface area contributed by atoms with E-state index in [9.17, 15) is 5.11 Å². The predicted octanol–water partition coefficient (Wildman–Crippen LogP) is 7.68. The first kappa shape index (κ1) is 31.6. The molecular formula is C35H48O5Si. The smallest absolute Gasteiger partial charge is 0.192 e. The van der Waals surface area contributed by atoms with Gasteiger partial charge in [0.1, 0.15) is 22.9 Å². The molecule has 0 spiro atoms. The predicted molar refractivity (Wildman–Crippen MR) is 167 cm³/mol. The van der Waals surface area contributed by atoms with Crippen molar-refractivity contribution < 1.29 is 23.7 Å². The van der Waals surface area contributed by atoms with E-state index in [2.05, 4.69) is 70.3 Å². The number of ether oxygens (including phenoxy) is 3. The van der Waals surface area contributed by atoms with Crippen LogP contribution < -0.4 is 0 Å². The van der Waals surface area contributed by atoms with Gasteiger partial charge in [-0.1, -0.05) is 112 Å². The molecule has 1 N–H and O–H groups in total. The maximum Gasteiger partial charge on any atom is 0.192 e. The van der Waals surface area contributed by atoms with Crippen LogP contribution in [0.2, 0.25) is 18.1 Å². The lowest BCUT2D eigenvalue weighted by Gasteiger charge is -2.43. The number of benzene rings is 3. The summed E-state index contributed by atoms with van der Waals surface area (Å²) in [6.07, 6.45) is -0.699. The Morgan fingerprint density at radius 2 is 1.17 bits per heavy atom. The molecule has 1 saturated heterocycles. The Morgan fingerprint density at radius 3 is 1.56 bits per heavy atom. The van der Waals surface area contributed by atoms with Crippen molar-refractivity contribution in [3.8, 4) is 0 Å². The maximum atomic E-state index is 12.2. The van der Waals surface area contributed by atoms with Crippen molar-refractivity contribution in [1.29, 1.82) is 0 Å². The van der Waals surface area contributed by atoms with Crippen LogP contribution in [0.25, 0.3) is 0 Å². The first-order chi connectivity index (χ1) is 19.0. The zero-order valence-corrected chi connectivity index (χ0v) is 27.2. The fraction of sp³-hybridized carbons (Fsp3) is 0.486. The average Bonchev–Trinajstić information content (AvgIpc) is 3.19. The molecule has 3 aromatic rings. The van der Waals surface area contributed by atoms with Gasteiger partial charge in [0, 0.05) is 0 Å². The largest absolute Gasteiger partial charge is 0.414 e. The molecule has 0 aromatic heterocycles. The third kappa shape index (κ3) is 6.53. The Bertz CT molecular complexity index is 1170. The molecule has 0 unspecified atom stereocenters. The second-order valence-corrected chi connectivity index (χ2v) is 18.6. The van der Waals surface area contributed by atoms with Gasteiger partial charge in [-0.15, -0.1) is 0 Å². The highest BCUT2D eigenvalue weighted by Gasteiger charge is 2.59. The zero-order chi connectivity index (χ0) is 30.2. The van der Waals surface area contributed by atoms with E-state index in [4.69, 9.17) is 18.6 Å². The Hall–Kier alpha value is -2.32. The lowest BCUT2D eigenvalue weighted by atomic mass is 9.79. The number of hydrogen-bond donors (Lipinski definition) is 1.